The second-order valence-corrected chi connectivity index (χ2v) is 3.79. The fourth-order valence-electron chi connectivity index (χ4n) is 1.85. The van der Waals surface area contributed by atoms with Gasteiger partial charge in [0.15, 0.2) is 5.60 Å². The summed E-state index contributed by atoms with van der Waals surface area (Å²) in [6.07, 6.45) is 1.03. The van der Waals surface area contributed by atoms with Gasteiger partial charge in [-0.3, -0.25) is 0 Å². The Balaban J connectivity index is 2.55. The molecule has 0 spiro atoms. The van der Waals surface area contributed by atoms with E-state index in [0.717, 1.165) is 0 Å². The van der Waals surface area contributed by atoms with E-state index in [-0.39, 0.29) is 0 Å². The third-order valence-corrected chi connectivity index (χ3v) is 2.76. The van der Waals surface area contributed by atoms with Crippen LogP contribution >= 0.6 is 0 Å². The molecule has 1 aromatic carbocycles. The molecule has 4 nitrogen and oxygen atoms in total. The summed E-state index contributed by atoms with van der Waals surface area (Å²) in [6, 6.07) is 7.08. The van der Waals surface area contributed by atoms with E-state index in [0.29, 0.717) is 36.5 Å². The van der Waals surface area contributed by atoms with E-state index in [9.17, 15) is 5.11 Å². The smallest absolute Gasteiger partial charge is 0.180 e. The summed E-state index contributed by atoms with van der Waals surface area (Å²) in [4.78, 5) is 0. The van der Waals surface area contributed by atoms with E-state index in [1.807, 2.05) is 6.07 Å². The van der Waals surface area contributed by atoms with Crippen LogP contribution in [-0.4, -0.2) is 18.8 Å². The van der Waals surface area contributed by atoms with E-state index in [1.165, 1.54) is 0 Å². The molecule has 0 bridgehead atoms. The van der Waals surface area contributed by atoms with Crippen LogP contribution in [0.1, 0.15) is 18.4 Å². The fourth-order valence-corrected chi connectivity index (χ4v) is 1.85. The number of nitrogens with zero attached hydrogens (tertiary/aromatic N) is 1. The lowest BCUT2D eigenvalue weighted by atomic mass is 9.90. The summed E-state index contributed by atoms with van der Waals surface area (Å²) in [5.41, 5.74) is -0.979. The standard InChI is InChI=1S/C12H13NO3/c1-15-9-3-4-11-10(7-9)12(14,8-13)5-2-6-16-11/h3-4,7,14H,2,5-6H2,1H3. The maximum Gasteiger partial charge on any atom is 0.180 e. The van der Waals surface area contributed by atoms with E-state index < -0.39 is 5.60 Å². The molecule has 1 aliphatic rings. The van der Waals surface area contributed by atoms with Crippen LogP contribution in [0.25, 0.3) is 0 Å². The van der Waals surface area contributed by atoms with Gasteiger partial charge in [-0.25, -0.2) is 0 Å². The maximum absolute atomic E-state index is 10.2. The van der Waals surface area contributed by atoms with Crippen LogP contribution in [0.2, 0.25) is 0 Å². The molecule has 16 heavy (non-hydrogen) atoms. The lowest BCUT2D eigenvalue weighted by Gasteiger charge is -2.19. The Kier molecular flexibility index (Phi) is 2.71. The van der Waals surface area contributed by atoms with E-state index in [2.05, 4.69) is 0 Å². The summed E-state index contributed by atoms with van der Waals surface area (Å²) < 4.78 is 10.6. The van der Waals surface area contributed by atoms with Crippen LogP contribution in [0.3, 0.4) is 0 Å². The number of hydrogen-bond donors (Lipinski definition) is 1. The van der Waals surface area contributed by atoms with Crippen LogP contribution in [0.15, 0.2) is 18.2 Å². The normalized spacial score (nSPS) is 23.6. The first-order valence-corrected chi connectivity index (χ1v) is 5.14. The van der Waals surface area contributed by atoms with Crippen LogP contribution < -0.4 is 9.47 Å². The van der Waals surface area contributed by atoms with Crippen molar-refractivity contribution >= 4 is 0 Å². The molecule has 0 aliphatic carbocycles. The molecule has 0 saturated carbocycles. The van der Waals surface area contributed by atoms with Gasteiger partial charge in [-0.15, -0.1) is 0 Å². The Morgan fingerprint density at radius 1 is 1.56 bits per heavy atom. The highest BCUT2D eigenvalue weighted by Gasteiger charge is 2.34. The Bertz CT molecular complexity index is 438. The molecule has 0 fully saturated rings. The van der Waals surface area contributed by atoms with E-state index >= 15 is 0 Å². The Morgan fingerprint density at radius 3 is 3.06 bits per heavy atom. The highest BCUT2D eigenvalue weighted by Crippen LogP contribution is 2.38. The molecular weight excluding hydrogens is 206 g/mol. The van der Waals surface area contributed by atoms with Gasteiger partial charge < -0.3 is 14.6 Å². The van der Waals surface area contributed by atoms with Gasteiger partial charge in [0.1, 0.15) is 17.6 Å². The van der Waals surface area contributed by atoms with Gasteiger partial charge in [-0.2, -0.15) is 5.26 Å². The molecule has 4 heteroatoms. The molecule has 84 valence electrons. The number of methoxy groups -OCH3 is 1. The highest BCUT2D eigenvalue weighted by molar-refractivity contribution is 5.46. The molecule has 1 unspecified atom stereocenters. The van der Waals surface area contributed by atoms with Gasteiger partial charge in [0.05, 0.1) is 13.7 Å². The monoisotopic (exact) mass is 219 g/mol. The van der Waals surface area contributed by atoms with Crippen molar-refractivity contribution in [2.75, 3.05) is 13.7 Å². The number of rotatable bonds is 1. The van der Waals surface area contributed by atoms with Crippen molar-refractivity contribution in [3.05, 3.63) is 23.8 Å². The third-order valence-electron chi connectivity index (χ3n) is 2.76. The van der Waals surface area contributed by atoms with Gasteiger partial charge in [0, 0.05) is 5.56 Å². The summed E-state index contributed by atoms with van der Waals surface area (Å²) in [5.74, 6) is 1.17. The zero-order valence-corrected chi connectivity index (χ0v) is 9.06. The minimum absolute atomic E-state index is 0.379. The summed E-state index contributed by atoms with van der Waals surface area (Å²) in [5, 5.41) is 19.3. The molecule has 2 rings (SSSR count). The second-order valence-electron chi connectivity index (χ2n) is 3.79. The quantitative estimate of drug-likeness (QED) is 0.728. The topological polar surface area (TPSA) is 62.5 Å². The molecule has 1 atom stereocenters. The molecule has 1 aromatic rings. The molecular formula is C12H13NO3. The van der Waals surface area contributed by atoms with Crippen LogP contribution in [-0.2, 0) is 5.60 Å². The van der Waals surface area contributed by atoms with Gasteiger partial charge in [0.2, 0.25) is 0 Å². The Morgan fingerprint density at radius 2 is 2.38 bits per heavy atom. The minimum atomic E-state index is -1.47. The highest BCUT2D eigenvalue weighted by atomic mass is 16.5. The zero-order valence-electron chi connectivity index (χ0n) is 9.06. The predicted molar refractivity (Wildman–Crippen MR) is 57.2 cm³/mol. The average Bonchev–Trinajstić information content (AvgIpc) is 2.49. The van der Waals surface area contributed by atoms with Crippen molar-refractivity contribution in [2.24, 2.45) is 0 Å². The zero-order chi connectivity index (χ0) is 11.6. The van der Waals surface area contributed by atoms with Gasteiger partial charge in [0.25, 0.3) is 0 Å². The molecule has 0 amide bonds. The Labute approximate surface area is 94.0 Å². The molecule has 0 radical (unpaired) electrons. The number of aliphatic hydroxyl groups is 1. The summed E-state index contributed by atoms with van der Waals surface area (Å²) in [6.45, 7) is 0.517. The average molecular weight is 219 g/mol. The number of nitriles is 1. The first-order chi connectivity index (χ1) is 7.69. The SMILES string of the molecule is COc1ccc2c(c1)C(O)(C#N)CCCO2. The fraction of sp³-hybridized carbons (Fsp3) is 0.417. The predicted octanol–water partition coefficient (Wildman–Crippen LogP) is 1.58. The summed E-state index contributed by atoms with van der Waals surface area (Å²) >= 11 is 0. The first kappa shape index (κ1) is 10.8. The second kappa shape index (κ2) is 4.03. The van der Waals surface area contributed by atoms with Gasteiger partial charge >= 0.3 is 0 Å². The first-order valence-electron chi connectivity index (χ1n) is 5.14. The van der Waals surface area contributed by atoms with Crippen molar-refractivity contribution in [1.82, 2.24) is 0 Å². The molecule has 1 N–H and O–H groups in total. The minimum Gasteiger partial charge on any atom is -0.497 e. The number of benzene rings is 1. The summed E-state index contributed by atoms with van der Waals surface area (Å²) in [7, 11) is 1.55. The molecule has 1 aliphatic heterocycles. The van der Waals surface area contributed by atoms with E-state index in [1.54, 1.807) is 25.3 Å². The number of ether oxygens (including phenoxy) is 2. The lowest BCUT2D eigenvalue weighted by Crippen LogP contribution is -2.22. The van der Waals surface area contributed by atoms with Crippen LogP contribution in [0.4, 0.5) is 0 Å². The van der Waals surface area contributed by atoms with E-state index in [4.69, 9.17) is 14.7 Å². The number of fused-ring (bicyclic) bond motifs is 1. The number of hydrogen-bond acceptors (Lipinski definition) is 4. The van der Waals surface area contributed by atoms with Crippen molar-refractivity contribution in [2.45, 2.75) is 18.4 Å². The van der Waals surface area contributed by atoms with Crippen molar-refractivity contribution in [3.63, 3.8) is 0 Å². The van der Waals surface area contributed by atoms with Crippen LogP contribution in [0.5, 0.6) is 11.5 Å². The van der Waals surface area contributed by atoms with Crippen molar-refractivity contribution in [1.29, 1.82) is 5.26 Å². The maximum atomic E-state index is 10.2. The molecule has 0 aromatic heterocycles. The van der Waals surface area contributed by atoms with Gasteiger partial charge in [-0.1, -0.05) is 0 Å². The molecule has 1 heterocycles. The largest absolute Gasteiger partial charge is 0.497 e. The Hall–Kier alpha value is -1.73. The lowest BCUT2D eigenvalue weighted by molar-refractivity contribution is 0.0882. The molecule has 0 saturated heterocycles. The van der Waals surface area contributed by atoms with Crippen LogP contribution in [0, 0.1) is 11.3 Å². The van der Waals surface area contributed by atoms with Gasteiger partial charge in [-0.05, 0) is 31.0 Å². The van der Waals surface area contributed by atoms with Crippen molar-refractivity contribution in [3.8, 4) is 17.6 Å². The van der Waals surface area contributed by atoms with Crippen molar-refractivity contribution < 1.29 is 14.6 Å². The third kappa shape index (κ3) is 1.70.